The van der Waals surface area contributed by atoms with Crippen LogP contribution in [0.5, 0.6) is 0 Å². The minimum atomic E-state index is 0.250. The van der Waals surface area contributed by atoms with Gasteiger partial charge >= 0.3 is 0 Å². The Labute approximate surface area is 269 Å². The molecule has 0 radical (unpaired) electrons. The molecule has 0 N–H and O–H groups in total. The summed E-state index contributed by atoms with van der Waals surface area (Å²) >= 11 is 0. The molecular weight excluding hydrogens is 562 g/mol. The van der Waals surface area contributed by atoms with Gasteiger partial charge in [-0.15, -0.1) is 0 Å². The highest BCUT2D eigenvalue weighted by Gasteiger charge is 2.51. The van der Waals surface area contributed by atoms with Crippen molar-refractivity contribution in [2.24, 2.45) is 17.8 Å². The van der Waals surface area contributed by atoms with Crippen LogP contribution in [-0.2, 0) is 5.41 Å². The van der Waals surface area contributed by atoms with Crippen molar-refractivity contribution in [3.8, 4) is 51.4 Å². The maximum absolute atomic E-state index is 10.0. The van der Waals surface area contributed by atoms with Gasteiger partial charge in [0.05, 0.1) is 11.6 Å². The van der Waals surface area contributed by atoms with Crippen molar-refractivity contribution in [2.75, 3.05) is 0 Å². The molecule has 0 spiro atoms. The maximum Gasteiger partial charge on any atom is 0.165 e. The summed E-state index contributed by atoms with van der Waals surface area (Å²) in [5.41, 5.74) is 7.42. The van der Waals surface area contributed by atoms with Crippen molar-refractivity contribution in [3.05, 3.63) is 121 Å². The Balaban J connectivity index is 1.10. The molecule has 4 aliphatic carbocycles. The molecule has 0 unspecified atom stereocenters. The van der Waals surface area contributed by atoms with Gasteiger partial charge in [0.1, 0.15) is 0 Å². The van der Waals surface area contributed by atoms with E-state index in [9.17, 15) is 5.26 Å². The van der Waals surface area contributed by atoms with E-state index >= 15 is 0 Å². The van der Waals surface area contributed by atoms with E-state index in [0.717, 1.165) is 61.9 Å². The fourth-order valence-electron chi connectivity index (χ4n) is 9.04. The number of fused-ring (bicyclic) bond motifs is 1. The fourth-order valence-corrected chi connectivity index (χ4v) is 9.04. The van der Waals surface area contributed by atoms with E-state index in [1.54, 1.807) is 12.4 Å². The molecule has 6 aromatic rings. The van der Waals surface area contributed by atoms with Gasteiger partial charge in [0.15, 0.2) is 17.5 Å². The zero-order valence-electron chi connectivity index (χ0n) is 25.6. The summed E-state index contributed by atoms with van der Waals surface area (Å²) in [7, 11) is 0. The predicted molar refractivity (Wildman–Crippen MR) is 181 cm³/mol. The van der Waals surface area contributed by atoms with Gasteiger partial charge in [-0.3, -0.25) is 4.98 Å². The van der Waals surface area contributed by atoms with E-state index < -0.39 is 0 Å². The van der Waals surface area contributed by atoms with Crippen LogP contribution < -0.4 is 0 Å². The number of nitriles is 1. The second-order valence-electron chi connectivity index (χ2n) is 13.8. The van der Waals surface area contributed by atoms with E-state index in [2.05, 4.69) is 65.7 Å². The lowest BCUT2D eigenvalue weighted by Crippen LogP contribution is -2.48. The molecule has 4 aliphatic rings. The largest absolute Gasteiger partial charge is 0.264 e. The highest BCUT2D eigenvalue weighted by molar-refractivity contribution is 5.90. The summed E-state index contributed by atoms with van der Waals surface area (Å²) < 4.78 is 0. The third-order valence-corrected chi connectivity index (χ3v) is 10.7. The summed E-state index contributed by atoms with van der Waals surface area (Å²) in [5, 5.41) is 12.3. The lowest BCUT2D eigenvalue weighted by atomic mass is 9.48. The molecule has 4 bridgehead atoms. The van der Waals surface area contributed by atoms with Gasteiger partial charge in [-0.2, -0.15) is 5.26 Å². The first-order valence-electron chi connectivity index (χ1n) is 16.4. The Kier molecular flexibility index (Phi) is 6.31. The third kappa shape index (κ3) is 4.77. The fraction of sp³-hybridized carbons (Fsp3) is 0.244. The Morgan fingerprint density at radius 1 is 0.565 bits per heavy atom. The number of pyridine rings is 1. The van der Waals surface area contributed by atoms with Gasteiger partial charge in [0.25, 0.3) is 0 Å². The summed E-state index contributed by atoms with van der Waals surface area (Å²) in [5.74, 6) is 4.45. The predicted octanol–water partition coefficient (Wildman–Crippen LogP) is 9.43. The van der Waals surface area contributed by atoms with Crippen molar-refractivity contribution in [1.82, 2.24) is 19.9 Å². The molecule has 4 fully saturated rings. The van der Waals surface area contributed by atoms with Gasteiger partial charge in [0, 0.05) is 29.1 Å². The van der Waals surface area contributed by atoms with Crippen LogP contribution >= 0.6 is 0 Å². The van der Waals surface area contributed by atoms with Crippen LogP contribution in [0.2, 0.25) is 0 Å². The van der Waals surface area contributed by atoms with Crippen LogP contribution in [0.15, 0.2) is 109 Å². The van der Waals surface area contributed by atoms with Crippen LogP contribution in [0.25, 0.3) is 56.1 Å². The van der Waals surface area contributed by atoms with Crippen LogP contribution in [0, 0.1) is 29.1 Å². The molecule has 0 amide bonds. The molecule has 10 rings (SSSR count). The molecule has 0 atom stereocenters. The van der Waals surface area contributed by atoms with Crippen LogP contribution in [0.1, 0.15) is 49.7 Å². The first-order chi connectivity index (χ1) is 22.6. The quantitative estimate of drug-likeness (QED) is 0.198. The smallest absolute Gasteiger partial charge is 0.165 e. The number of nitrogens with zero attached hydrogens (tertiary/aromatic N) is 5. The lowest BCUT2D eigenvalue weighted by molar-refractivity contribution is -0.00517. The zero-order chi connectivity index (χ0) is 30.7. The molecule has 222 valence electrons. The molecule has 5 nitrogen and oxygen atoms in total. The zero-order valence-corrected chi connectivity index (χ0v) is 25.6. The van der Waals surface area contributed by atoms with Crippen LogP contribution in [0.4, 0.5) is 0 Å². The van der Waals surface area contributed by atoms with E-state index in [-0.39, 0.29) is 5.41 Å². The molecular formula is C41H33N5. The highest BCUT2D eigenvalue weighted by atomic mass is 15.0. The SMILES string of the molecule is N#Cc1cc(-c2ccc3cc(-c4nc(-c5ccccc5)nc(-c5cccnc5)n4)ccc3c2)cc(C23CC4CC(CC(C4)C2)C3)c1. The second kappa shape index (κ2) is 10.7. The first-order valence-corrected chi connectivity index (χ1v) is 16.4. The second-order valence-corrected chi connectivity index (χ2v) is 13.8. The van der Waals surface area contributed by atoms with Crippen LogP contribution in [-0.4, -0.2) is 19.9 Å². The number of aromatic nitrogens is 4. The normalized spacial score (nSPS) is 23.0. The molecule has 5 heteroatoms. The Bertz CT molecular complexity index is 2060. The van der Waals surface area contributed by atoms with Crippen molar-refractivity contribution >= 4 is 10.8 Å². The minimum Gasteiger partial charge on any atom is -0.264 e. The topological polar surface area (TPSA) is 75.3 Å². The summed E-state index contributed by atoms with van der Waals surface area (Å²) in [6, 6.07) is 36.1. The van der Waals surface area contributed by atoms with Gasteiger partial charge in [-0.1, -0.05) is 60.7 Å². The highest BCUT2D eigenvalue weighted by Crippen LogP contribution is 2.61. The summed E-state index contributed by atoms with van der Waals surface area (Å²) in [6.07, 6.45) is 11.7. The monoisotopic (exact) mass is 595 g/mol. The van der Waals surface area contributed by atoms with Crippen LogP contribution in [0.3, 0.4) is 0 Å². The Morgan fingerprint density at radius 2 is 1.17 bits per heavy atom. The van der Waals surface area contributed by atoms with Crippen molar-refractivity contribution in [3.63, 3.8) is 0 Å². The lowest BCUT2D eigenvalue weighted by Gasteiger charge is -2.57. The third-order valence-electron chi connectivity index (χ3n) is 10.7. The molecule has 46 heavy (non-hydrogen) atoms. The van der Waals surface area contributed by atoms with E-state index in [4.69, 9.17) is 15.0 Å². The minimum absolute atomic E-state index is 0.250. The summed E-state index contributed by atoms with van der Waals surface area (Å²) in [6.45, 7) is 0. The first kappa shape index (κ1) is 27.1. The van der Waals surface area contributed by atoms with Crippen molar-refractivity contribution in [2.45, 2.75) is 43.9 Å². The average molecular weight is 596 g/mol. The van der Waals surface area contributed by atoms with Gasteiger partial charge in [-0.25, -0.2) is 15.0 Å². The molecule has 2 heterocycles. The molecule has 0 saturated heterocycles. The van der Waals surface area contributed by atoms with Gasteiger partial charge in [-0.05, 0) is 126 Å². The van der Waals surface area contributed by atoms with Gasteiger partial charge in [0.2, 0.25) is 0 Å². The molecule has 4 saturated carbocycles. The Morgan fingerprint density at radius 3 is 1.83 bits per heavy atom. The van der Waals surface area contributed by atoms with E-state index in [1.165, 1.54) is 44.1 Å². The standard InChI is InChI=1S/C41H33N5/c42-24-29-16-36(20-37(17-29)41-21-26-13-27(22-41)15-28(14-26)23-41)33-9-8-32-19-34(11-10-31(32)18-33)39-44-38(30-5-2-1-3-6-30)45-40(46-39)35-7-4-12-43-25-35/h1-12,16-20,25-28H,13-15,21-23H2. The van der Waals surface area contributed by atoms with Gasteiger partial charge < -0.3 is 0 Å². The average Bonchev–Trinajstić information content (AvgIpc) is 3.11. The molecule has 0 aliphatic heterocycles. The van der Waals surface area contributed by atoms with E-state index in [0.29, 0.717) is 17.5 Å². The number of benzene rings is 4. The van der Waals surface area contributed by atoms with Crippen molar-refractivity contribution in [1.29, 1.82) is 5.26 Å². The number of hydrogen-bond acceptors (Lipinski definition) is 5. The van der Waals surface area contributed by atoms with Crippen molar-refractivity contribution < 1.29 is 0 Å². The Hall–Kier alpha value is -5.21. The summed E-state index contributed by atoms with van der Waals surface area (Å²) in [4.78, 5) is 18.9. The number of rotatable bonds is 5. The number of hydrogen-bond donors (Lipinski definition) is 0. The van der Waals surface area contributed by atoms with E-state index in [1.807, 2.05) is 42.5 Å². The maximum atomic E-state index is 10.0. The molecule has 4 aromatic carbocycles. The molecule has 2 aromatic heterocycles.